The lowest BCUT2D eigenvalue weighted by Gasteiger charge is -2.27. The second kappa shape index (κ2) is 17.6. The van der Waals surface area contributed by atoms with Gasteiger partial charge >= 0.3 is 0 Å². The number of nitrogens with zero attached hydrogens (tertiary/aromatic N) is 1. The van der Waals surface area contributed by atoms with Crippen molar-refractivity contribution in [3.05, 3.63) is 106 Å². The molecule has 3 atom stereocenters. The summed E-state index contributed by atoms with van der Waals surface area (Å²) in [5.41, 5.74) is 6.66. The van der Waals surface area contributed by atoms with Gasteiger partial charge in [0.25, 0.3) is 11.6 Å². The van der Waals surface area contributed by atoms with Crippen molar-refractivity contribution in [2.75, 3.05) is 11.9 Å². The zero-order valence-corrected chi connectivity index (χ0v) is 26.2. The van der Waals surface area contributed by atoms with Crippen LogP contribution in [-0.4, -0.2) is 59.2 Å². The van der Waals surface area contributed by atoms with Gasteiger partial charge in [0.05, 0.1) is 4.92 Å². The van der Waals surface area contributed by atoms with Gasteiger partial charge in [-0.15, -0.1) is 0 Å². The summed E-state index contributed by atoms with van der Waals surface area (Å²) in [7, 11) is 0. The fourth-order valence-electron chi connectivity index (χ4n) is 4.63. The van der Waals surface area contributed by atoms with Crippen LogP contribution in [0.5, 0.6) is 0 Å². The minimum atomic E-state index is -1.07. The fourth-order valence-corrected chi connectivity index (χ4v) is 4.63. The zero-order valence-electron chi connectivity index (χ0n) is 26.2. The summed E-state index contributed by atoms with van der Waals surface area (Å²) in [5.74, 6) is -2.88. The highest BCUT2D eigenvalue weighted by Gasteiger charge is 2.31. The van der Waals surface area contributed by atoms with Gasteiger partial charge in [0.2, 0.25) is 17.7 Å². The monoisotopic (exact) mass is 644 g/mol. The van der Waals surface area contributed by atoms with Gasteiger partial charge in [-0.25, -0.2) is 0 Å². The second-order valence-electron chi connectivity index (χ2n) is 11.1. The van der Waals surface area contributed by atoms with Crippen molar-refractivity contribution >= 4 is 41.0 Å². The zero-order chi connectivity index (χ0) is 34.3. The van der Waals surface area contributed by atoms with Crippen LogP contribution >= 0.6 is 0 Å². The number of carbonyl (C=O) groups is 4. The summed E-state index contributed by atoms with van der Waals surface area (Å²) in [6.07, 6.45) is 0.663. The van der Waals surface area contributed by atoms with Gasteiger partial charge in [-0.1, -0.05) is 62.4 Å². The van der Waals surface area contributed by atoms with Crippen LogP contribution < -0.4 is 32.3 Å². The molecule has 0 saturated heterocycles. The molecule has 47 heavy (non-hydrogen) atoms. The van der Waals surface area contributed by atoms with Crippen molar-refractivity contribution in [2.45, 2.75) is 51.2 Å². The van der Waals surface area contributed by atoms with Gasteiger partial charge in [0.1, 0.15) is 18.1 Å². The quantitative estimate of drug-likeness (QED) is 0.0402. The molecule has 14 heteroatoms. The number of amides is 4. The number of non-ortho nitro benzene ring substituents is 1. The summed E-state index contributed by atoms with van der Waals surface area (Å²) in [5, 5.41) is 31.9. The van der Waals surface area contributed by atoms with Crippen molar-refractivity contribution < 1.29 is 24.1 Å². The smallest absolute Gasteiger partial charge is 0.269 e. The molecule has 0 bridgehead atoms. The van der Waals surface area contributed by atoms with Crippen LogP contribution in [-0.2, 0) is 20.8 Å². The van der Waals surface area contributed by atoms with Crippen LogP contribution in [0.1, 0.15) is 42.6 Å². The topological polar surface area (TPSA) is 221 Å². The van der Waals surface area contributed by atoms with Gasteiger partial charge in [0, 0.05) is 36.3 Å². The summed E-state index contributed by atoms with van der Waals surface area (Å²) in [4.78, 5) is 64.1. The Morgan fingerprint density at radius 3 is 2.00 bits per heavy atom. The summed E-state index contributed by atoms with van der Waals surface area (Å²) >= 11 is 0. The predicted molar refractivity (Wildman–Crippen MR) is 177 cm³/mol. The molecule has 4 amide bonds. The molecule has 0 saturated carbocycles. The van der Waals surface area contributed by atoms with E-state index in [-0.39, 0.29) is 36.7 Å². The number of hydrogen-bond donors (Lipinski definition) is 7. The summed E-state index contributed by atoms with van der Waals surface area (Å²) in [6.45, 7) is 3.74. The number of rotatable bonds is 16. The highest BCUT2D eigenvalue weighted by atomic mass is 16.6. The van der Waals surface area contributed by atoms with E-state index < -0.39 is 52.6 Å². The Kier molecular flexibility index (Phi) is 13.4. The van der Waals surface area contributed by atoms with E-state index in [9.17, 15) is 29.3 Å². The normalized spacial score (nSPS) is 12.6. The minimum Gasteiger partial charge on any atom is -0.370 e. The van der Waals surface area contributed by atoms with Crippen LogP contribution in [0, 0.1) is 21.4 Å². The van der Waals surface area contributed by atoms with Gasteiger partial charge in [-0.3, -0.25) is 34.7 Å². The maximum Gasteiger partial charge on any atom is 0.269 e. The molecule has 0 aliphatic heterocycles. The number of carbonyl (C=O) groups excluding carboxylic acids is 4. The second-order valence-corrected chi connectivity index (χ2v) is 11.1. The molecule has 3 unspecified atom stereocenters. The number of guanidine groups is 1. The highest BCUT2D eigenvalue weighted by Crippen LogP contribution is 2.16. The number of hydrogen-bond acceptors (Lipinski definition) is 7. The van der Waals surface area contributed by atoms with E-state index in [1.54, 1.807) is 44.2 Å². The highest BCUT2D eigenvalue weighted by molar-refractivity contribution is 6.00. The molecule has 3 rings (SSSR count). The van der Waals surface area contributed by atoms with Gasteiger partial charge in [0.15, 0.2) is 5.96 Å². The Morgan fingerprint density at radius 1 is 0.809 bits per heavy atom. The molecular formula is C33H40N8O6. The van der Waals surface area contributed by atoms with Gasteiger partial charge < -0.3 is 32.3 Å². The third-order valence-electron chi connectivity index (χ3n) is 7.15. The molecule has 0 aliphatic carbocycles. The predicted octanol–water partition coefficient (Wildman–Crippen LogP) is 2.46. The first-order chi connectivity index (χ1) is 22.4. The number of anilines is 1. The molecule has 0 fully saturated rings. The molecule has 8 N–H and O–H groups in total. The number of nitro groups is 1. The van der Waals surface area contributed by atoms with E-state index in [1.165, 1.54) is 24.3 Å². The maximum absolute atomic E-state index is 13.7. The minimum absolute atomic E-state index is 0.146. The molecule has 0 aromatic heterocycles. The van der Waals surface area contributed by atoms with E-state index in [0.717, 1.165) is 5.56 Å². The lowest BCUT2D eigenvalue weighted by molar-refractivity contribution is -0.384. The molecule has 248 valence electrons. The largest absolute Gasteiger partial charge is 0.370 e. The third kappa shape index (κ3) is 11.6. The van der Waals surface area contributed by atoms with Crippen LogP contribution in [0.25, 0.3) is 0 Å². The van der Waals surface area contributed by atoms with E-state index in [4.69, 9.17) is 11.1 Å². The number of nitrogens with two attached hydrogens (primary N) is 1. The number of nitrogens with one attached hydrogen (secondary N) is 6. The molecule has 14 nitrogen and oxygen atoms in total. The van der Waals surface area contributed by atoms with E-state index in [1.807, 2.05) is 30.3 Å². The van der Waals surface area contributed by atoms with Crippen LogP contribution in [0.15, 0.2) is 84.9 Å². The fraction of sp³-hybridized carbons (Fsp3) is 0.303. The maximum atomic E-state index is 13.7. The van der Waals surface area contributed by atoms with Crippen molar-refractivity contribution in [3.8, 4) is 0 Å². The Balaban J connectivity index is 1.77. The summed E-state index contributed by atoms with van der Waals surface area (Å²) < 4.78 is 0. The molecule has 0 spiro atoms. The lowest BCUT2D eigenvalue weighted by Crippen LogP contribution is -2.58. The number of nitro benzene ring substituents is 1. The first kappa shape index (κ1) is 35.7. The Hall–Kier alpha value is -5.79. The first-order valence-corrected chi connectivity index (χ1v) is 15.1. The SMILES string of the molecule is CC(C)C(NC(=O)C(Cc1ccccc1)NC(=O)c1ccccc1)C(=O)NC(CCCNC(=N)N)C(=O)Nc1ccc([N+](=O)[O-])cc1. The van der Waals surface area contributed by atoms with Gasteiger partial charge in [-0.05, 0) is 48.6 Å². The Morgan fingerprint density at radius 2 is 1.43 bits per heavy atom. The third-order valence-corrected chi connectivity index (χ3v) is 7.15. The average molecular weight is 645 g/mol. The summed E-state index contributed by atoms with van der Waals surface area (Å²) in [6, 6.07) is 19.7. The van der Waals surface area contributed by atoms with E-state index in [0.29, 0.717) is 12.0 Å². The average Bonchev–Trinajstić information content (AvgIpc) is 3.05. The van der Waals surface area contributed by atoms with Crippen LogP contribution in [0.4, 0.5) is 11.4 Å². The number of benzene rings is 3. The molecule has 3 aromatic rings. The Bertz CT molecular complexity index is 1530. The van der Waals surface area contributed by atoms with E-state index in [2.05, 4.69) is 26.6 Å². The lowest BCUT2D eigenvalue weighted by atomic mass is 10.00. The van der Waals surface area contributed by atoms with Gasteiger partial charge in [-0.2, -0.15) is 0 Å². The first-order valence-electron chi connectivity index (χ1n) is 15.1. The standard InChI is InChI=1S/C33H40N8O6/c1-21(2)28(40-31(44)27(20-22-10-5-3-6-11-22)39-29(42)23-12-7-4-8-13-23)32(45)38-26(14-9-19-36-33(34)35)30(43)37-24-15-17-25(18-16-24)41(46)47/h3-8,10-13,15-18,21,26-28H,9,14,19-20H2,1-2H3,(H,37,43)(H,38,45)(H,39,42)(H,40,44)(H4,34,35,36). The molecule has 3 aromatic carbocycles. The van der Waals surface area contributed by atoms with Crippen LogP contribution in [0.3, 0.4) is 0 Å². The molecule has 0 aliphatic rings. The van der Waals surface area contributed by atoms with Crippen LogP contribution in [0.2, 0.25) is 0 Å². The molecule has 0 heterocycles. The van der Waals surface area contributed by atoms with Crippen molar-refractivity contribution in [1.82, 2.24) is 21.3 Å². The van der Waals surface area contributed by atoms with Crippen molar-refractivity contribution in [3.63, 3.8) is 0 Å². The van der Waals surface area contributed by atoms with E-state index >= 15 is 0 Å². The molecular weight excluding hydrogens is 604 g/mol. The van der Waals surface area contributed by atoms with Crippen molar-refractivity contribution in [2.24, 2.45) is 11.7 Å². The Labute approximate surface area is 272 Å². The van der Waals surface area contributed by atoms with Crippen molar-refractivity contribution in [1.29, 1.82) is 5.41 Å². The molecule has 0 radical (unpaired) electrons.